The Kier molecular flexibility index (Phi) is 3.67. The van der Waals surface area contributed by atoms with Gasteiger partial charge in [0.25, 0.3) is 0 Å². The molecule has 1 aliphatic rings. The average Bonchev–Trinajstić information content (AvgIpc) is 2.85. The fourth-order valence-corrected chi connectivity index (χ4v) is 2.73. The van der Waals surface area contributed by atoms with Crippen LogP contribution in [-0.4, -0.2) is 32.8 Å². The Bertz CT molecular complexity index is 569. The molecule has 0 spiro atoms. The summed E-state index contributed by atoms with van der Waals surface area (Å²) >= 11 is 0. The van der Waals surface area contributed by atoms with Crippen molar-refractivity contribution in [1.29, 1.82) is 0 Å². The summed E-state index contributed by atoms with van der Waals surface area (Å²) in [5, 5.41) is 4.38. The highest BCUT2D eigenvalue weighted by molar-refractivity contribution is 5.30. The van der Waals surface area contributed by atoms with E-state index in [1.165, 1.54) is 18.4 Å². The summed E-state index contributed by atoms with van der Waals surface area (Å²) in [6, 6.07) is 1.94. The second-order valence-corrected chi connectivity index (χ2v) is 5.67. The Morgan fingerprint density at radius 1 is 1.25 bits per heavy atom. The van der Waals surface area contributed by atoms with Crippen molar-refractivity contribution in [2.75, 3.05) is 18.0 Å². The van der Waals surface area contributed by atoms with Crippen molar-refractivity contribution in [3.8, 4) is 0 Å². The maximum atomic E-state index is 4.51. The first-order chi connectivity index (χ1) is 9.70. The van der Waals surface area contributed by atoms with Crippen molar-refractivity contribution in [2.45, 2.75) is 33.2 Å². The van der Waals surface area contributed by atoms with Crippen LogP contribution in [0.5, 0.6) is 0 Å². The Labute approximate surface area is 119 Å². The maximum absolute atomic E-state index is 4.51. The van der Waals surface area contributed by atoms with E-state index in [1.807, 2.05) is 25.4 Å². The molecule has 0 unspecified atom stereocenters. The van der Waals surface area contributed by atoms with Gasteiger partial charge >= 0.3 is 0 Å². The van der Waals surface area contributed by atoms with Gasteiger partial charge in [0.15, 0.2) is 0 Å². The van der Waals surface area contributed by atoms with E-state index in [0.717, 1.165) is 31.3 Å². The highest BCUT2D eigenvalue weighted by atomic mass is 15.3. The van der Waals surface area contributed by atoms with E-state index >= 15 is 0 Å². The first-order valence-electron chi connectivity index (χ1n) is 7.24. The van der Waals surface area contributed by atoms with Gasteiger partial charge in [-0.05, 0) is 44.2 Å². The predicted octanol–water partition coefficient (Wildman–Crippen LogP) is 2.21. The highest BCUT2D eigenvalue weighted by Gasteiger charge is 2.21. The van der Waals surface area contributed by atoms with Crippen molar-refractivity contribution in [2.24, 2.45) is 5.92 Å². The van der Waals surface area contributed by atoms with Crippen LogP contribution in [0.25, 0.3) is 0 Å². The third kappa shape index (κ3) is 2.98. The van der Waals surface area contributed by atoms with Crippen molar-refractivity contribution >= 4 is 5.95 Å². The second kappa shape index (κ2) is 5.61. The lowest BCUT2D eigenvalue weighted by Crippen LogP contribution is -2.36. The van der Waals surface area contributed by atoms with E-state index in [9.17, 15) is 0 Å². The SMILES string of the molecule is Cc1cnn(CC2CCN(c3nccc(C)n3)CC2)c1. The Morgan fingerprint density at radius 3 is 2.70 bits per heavy atom. The summed E-state index contributed by atoms with van der Waals surface area (Å²) in [5.74, 6) is 1.58. The van der Waals surface area contributed by atoms with Crippen LogP contribution >= 0.6 is 0 Å². The van der Waals surface area contributed by atoms with Gasteiger partial charge in [-0.1, -0.05) is 0 Å². The monoisotopic (exact) mass is 271 g/mol. The molecule has 2 aromatic heterocycles. The lowest BCUT2D eigenvalue weighted by molar-refractivity contribution is 0.340. The minimum absolute atomic E-state index is 0.704. The minimum atomic E-state index is 0.704. The maximum Gasteiger partial charge on any atom is 0.225 e. The summed E-state index contributed by atoms with van der Waals surface area (Å²) < 4.78 is 2.07. The molecule has 20 heavy (non-hydrogen) atoms. The summed E-state index contributed by atoms with van der Waals surface area (Å²) in [5.41, 5.74) is 2.26. The smallest absolute Gasteiger partial charge is 0.225 e. The van der Waals surface area contributed by atoms with Gasteiger partial charge in [0.05, 0.1) is 6.20 Å². The molecule has 106 valence electrons. The molecule has 5 heteroatoms. The third-order valence-electron chi connectivity index (χ3n) is 3.89. The fraction of sp³-hybridized carbons (Fsp3) is 0.533. The van der Waals surface area contributed by atoms with Crippen molar-refractivity contribution in [1.82, 2.24) is 19.7 Å². The normalized spacial score (nSPS) is 16.6. The molecule has 3 heterocycles. The first-order valence-corrected chi connectivity index (χ1v) is 7.24. The van der Waals surface area contributed by atoms with Crippen LogP contribution in [0.4, 0.5) is 5.95 Å². The number of hydrogen-bond donors (Lipinski definition) is 0. The largest absolute Gasteiger partial charge is 0.341 e. The zero-order chi connectivity index (χ0) is 13.9. The molecule has 0 radical (unpaired) electrons. The molecule has 1 aliphatic heterocycles. The first kappa shape index (κ1) is 13.1. The summed E-state index contributed by atoms with van der Waals surface area (Å²) in [4.78, 5) is 11.2. The van der Waals surface area contributed by atoms with Gasteiger partial charge < -0.3 is 4.90 Å². The van der Waals surface area contributed by atoms with Gasteiger partial charge in [-0.3, -0.25) is 4.68 Å². The van der Waals surface area contributed by atoms with E-state index < -0.39 is 0 Å². The van der Waals surface area contributed by atoms with Gasteiger partial charge in [0, 0.05) is 37.7 Å². The zero-order valence-electron chi connectivity index (χ0n) is 12.2. The molecule has 1 fully saturated rings. The van der Waals surface area contributed by atoms with E-state index in [2.05, 4.69) is 37.8 Å². The number of nitrogens with zero attached hydrogens (tertiary/aromatic N) is 5. The van der Waals surface area contributed by atoms with Gasteiger partial charge in [0.2, 0.25) is 5.95 Å². The van der Waals surface area contributed by atoms with Crippen molar-refractivity contribution in [3.05, 3.63) is 35.9 Å². The molecule has 1 saturated heterocycles. The van der Waals surface area contributed by atoms with Crippen LogP contribution in [0.15, 0.2) is 24.7 Å². The molecule has 0 amide bonds. The van der Waals surface area contributed by atoms with E-state index in [-0.39, 0.29) is 0 Å². The quantitative estimate of drug-likeness (QED) is 0.858. The Hall–Kier alpha value is -1.91. The molecular formula is C15H21N5. The topological polar surface area (TPSA) is 46.8 Å². The standard InChI is InChI=1S/C15H21N5/c1-12-9-17-20(10-12)11-14-4-7-19(8-5-14)15-16-6-3-13(2)18-15/h3,6,9-10,14H,4-5,7-8,11H2,1-2H3. The molecule has 0 aromatic carbocycles. The van der Waals surface area contributed by atoms with Crippen molar-refractivity contribution < 1.29 is 0 Å². The van der Waals surface area contributed by atoms with Crippen LogP contribution in [0.2, 0.25) is 0 Å². The van der Waals surface area contributed by atoms with E-state index in [1.54, 1.807) is 0 Å². The number of hydrogen-bond acceptors (Lipinski definition) is 4. The Balaban J connectivity index is 1.57. The van der Waals surface area contributed by atoms with Crippen LogP contribution in [0.3, 0.4) is 0 Å². The number of piperidine rings is 1. The zero-order valence-corrected chi connectivity index (χ0v) is 12.2. The molecule has 3 rings (SSSR count). The van der Waals surface area contributed by atoms with Crippen LogP contribution in [0, 0.1) is 19.8 Å². The molecule has 0 aliphatic carbocycles. The second-order valence-electron chi connectivity index (χ2n) is 5.67. The van der Waals surface area contributed by atoms with E-state index in [4.69, 9.17) is 0 Å². The molecule has 5 nitrogen and oxygen atoms in total. The molecule has 2 aromatic rings. The van der Waals surface area contributed by atoms with Crippen LogP contribution in [0.1, 0.15) is 24.1 Å². The van der Waals surface area contributed by atoms with Gasteiger partial charge in [-0.2, -0.15) is 5.10 Å². The number of aryl methyl sites for hydroxylation is 2. The summed E-state index contributed by atoms with van der Waals surface area (Å²) in [6.45, 7) is 7.19. The van der Waals surface area contributed by atoms with Crippen molar-refractivity contribution in [3.63, 3.8) is 0 Å². The molecule has 0 atom stereocenters. The lowest BCUT2D eigenvalue weighted by atomic mass is 9.97. The number of rotatable bonds is 3. The minimum Gasteiger partial charge on any atom is -0.341 e. The molecule has 0 N–H and O–H groups in total. The highest BCUT2D eigenvalue weighted by Crippen LogP contribution is 2.21. The average molecular weight is 271 g/mol. The predicted molar refractivity (Wildman–Crippen MR) is 78.7 cm³/mol. The van der Waals surface area contributed by atoms with Gasteiger partial charge in [0.1, 0.15) is 0 Å². The van der Waals surface area contributed by atoms with Crippen LogP contribution in [-0.2, 0) is 6.54 Å². The summed E-state index contributed by atoms with van der Waals surface area (Å²) in [7, 11) is 0. The molecular weight excluding hydrogens is 250 g/mol. The molecule has 0 saturated carbocycles. The lowest BCUT2D eigenvalue weighted by Gasteiger charge is -2.32. The molecule has 0 bridgehead atoms. The Morgan fingerprint density at radius 2 is 2.05 bits per heavy atom. The van der Waals surface area contributed by atoms with Gasteiger partial charge in [-0.15, -0.1) is 0 Å². The van der Waals surface area contributed by atoms with Gasteiger partial charge in [-0.25, -0.2) is 9.97 Å². The van der Waals surface area contributed by atoms with Crippen LogP contribution < -0.4 is 4.90 Å². The van der Waals surface area contributed by atoms with E-state index in [0.29, 0.717) is 5.92 Å². The third-order valence-corrected chi connectivity index (χ3v) is 3.89. The number of anilines is 1. The fourth-order valence-electron chi connectivity index (χ4n) is 2.73. The summed E-state index contributed by atoms with van der Waals surface area (Å²) in [6.07, 6.45) is 8.24. The number of aromatic nitrogens is 4.